The molecule has 4 nitrogen and oxygen atoms in total. The van der Waals surface area contributed by atoms with Crippen molar-refractivity contribution < 1.29 is 0 Å². The van der Waals surface area contributed by atoms with E-state index < -0.39 is 0 Å². The maximum Gasteiger partial charge on any atom is 0.180 e. The van der Waals surface area contributed by atoms with Gasteiger partial charge in [0.05, 0.1) is 0 Å². The summed E-state index contributed by atoms with van der Waals surface area (Å²) < 4.78 is 0. The second kappa shape index (κ2) is 6.30. The summed E-state index contributed by atoms with van der Waals surface area (Å²) in [5.41, 5.74) is 2.37. The molecule has 22 heavy (non-hydrogen) atoms. The molecular formula is C16H12Cl2N4. The van der Waals surface area contributed by atoms with Crippen LogP contribution in [0.5, 0.6) is 0 Å². The lowest BCUT2D eigenvalue weighted by Crippen LogP contribution is -2.00. The van der Waals surface area contributed by atoms with E-state index >= 15 is 0 Å². The molecule has 6 heteroatoms. The van der Waals surface area contributed by atoms with Crippen molar-refractivity contribution >= 4 is 34.7 Å². The summed E-state index contributed by atoms with van der Waals surface area (Å²) in [6.07, 6.45) is 0. The van der Waals surface area contributed by atoms with Gasteiger partial charge in [0.25, 0.3) is 0 Å². The number of hydrogen-bond acceptors (Lipinski definition) is 4. The molecule has 0 fully saturated rings. The van der Waals surface area contributed by atoms with Gasteiger partial charge in [0.1, 0.15) is 16.7 Å². The van der Waals surface area contributed by atoms with Gasteiger partial charge in [-0.15, -0.1) is 0 Å². The molecule has 0 bridgehead atoms. The van der Waals surface area contributed by atoms with E-state index in [-0.39, 0.29) is 0 Å². The fourth-order valence-electron chi connectivity index (χ4n) is 1.96. The smallest absolute Gasteiger partial charge is 0.180 e. The third-order valence-electron chi connectivity index (χ3n) is 2.92. The number of halogens is 2. The molecule has 0 saturated heterocycles. The molecule has 0 saturated carbocycles. The van der Waals surface area contributed by atoms with Crippen LogP contribution in [0.25, 0.3) is 11.5 Å². The van der Waals surface area contributed by atoms with Gasteiger partial charge in [0, 0.05) is 22.5 Å². The monoisotopic (exact) mass is 330 g/mol. The Morgan fingerprint density at radius 1 is 0.909 bits per heavy atom. The van der Waals surface area contributed by atoms with Crippen molar-refractivity contribution in [3.8, 4) is 11.5 Å². The number of benzene rings is 1. The Labute approximate surface area is 138 Å². The standard InChI is InChI=1S/C16H12Cl2N4/c1-10-9-15(20-12-7-5-11(17)6-8-12)22-16(19-10)13-3-2-4-14(18)21-13/h2-9H,1H3,(H,19,20,22). The molecule has 0 aliphatic rings. The number of nitrogens with one attached hydrogen (secondary N) is 1. The molecular weight excluding hydrogens is 319 g/mol. The van der Waals surface area contributed by atoms with Gasteiger partial charge in [-0.2, -0.15) is 0 Å². The average Bonchev–Trinajstić information content (AvgIpc) is 2.49. The number of pyridine rings is 1. The molecule has 0 amide bonds. The molecule has 3 rings (SSSR count). The maximum absolute atomic E-state index is 5.92. The van der Waals surface area contributed by atoms with Crippen LogP contribution in [0, 0.1) is 6.92 Å². The van der Waals surface area contributed by atoms with Gasteiger partial charge in [-0.1, -0.05) is 29.3 Å². The summed E-state index contributed by atoms with van der Waals surface area (Å²) in [5.74, 6) is 1.21. The van der Waals surface area contributed by atoms with Gasteiger partial charge >= 0.3 is 0 Å². The number of aryl methyl sites for hydroxylation is 1. The van der Waals surface area contributed by atoms with Crippen molar-refractivity contribution in [2.45, 2.75) is 6.92 Å². The highest BCUT2D eigenvalue weighted by Crippen LogP contribution is 2.21. The van der Waals surface area contributed by atoms with Crippen LogP contribution in [-0.2, 0) is 0 Å². The van der Waals surface area contributed by atoms with E-state index in [4.69, 9.17) is 23.2 Å². The Morgan fingerprint density at radius 3 is 2.41 bits per heavy atom. The molecule has 110 valence electrons. The maximum atomic E-state index is 5.92. The van der Waals surface area contributed by atoms with Crippen LogP contribution in [-0.4, -0.2) is 15.0 Å². The van der Waals surface area contributed by atoms with Crippen molar-refractivity contribution in [1.29, 1.82) is 0 Å². The van der Waals surface area contributed by atoms with Crippen LogP contribution in [0.15, 0.2) is 48.5 Å². The lowest BCUT2D eigenvalue weighted by Gasteiger charge is -2.08. The second-order valence-electron chi connectivity index (χ2n) is 4.70. The molecule has 0 aliphatic heterocycles. The molecule has 2 heterocycles. The van der Waals surface area contributed by atoms with Crippen molar-refractivity contribution in [1.82, 2.24) is 15.0 Å². The van der Waals surface area contributed by atoms with E-state index in [0.29, 0.717) is 27.5 Å². The molecule has 1 N–H and O–H groups in total. The molecule has 0 spiro atoms. The highest BCUT2D eigenvalue weighted by Gasteiger charge is 2.07. The molecule has 1 aromatic carbocycles. The third kappa shape index (κ3) is 3.53. The average molecular weight is 331 g/mol. The van der Waals surface area contributed by atoms with Crippen LogP contribution in [0.2, 0.25) is 10.2 Å². The van der Waals surface area contributed by atoms with Crippen molar-refractivity contribution in [3.63, 3.8) is 0 Å². The first kappa shape index (κ1) is 14.8. The predicted octanol–water partition coefficient (Wildman–Crippen LogP) is 4.90. The zero-order chi connectivity index (χ0) is 15.5. The number of rotatable bonds is 3. The van der Waals surface area contributed by atoms with E-state index in [1.54, 1.807) is 6.07 Å². The summed E-state index contributed by atoms with van der Waals surface area (Å²) in [6.45, 7) is 1.91. The minimum Gasteiger partial charge on any atom is -0.340 e. The van der Waals surface area contributed by atoms with Crippen molar-refractivity contribution in [3.05, 3.63) is 64.4 Å². The number of hydrogen-bond donors (Lipinski definition) is 1. The quantitative estimate of drug-likeness (QED) is 0.694. The number of aromatic nitrogens is 3. The summed E-state index contributed by atoms with van der Waals surface area (Å²) in [6, 6.07) is 14.6. The van der Waals surface area contributed by atoms with Crippen molar-refractivity contribution in [2.24, 2.45) is 0 Å². The Hall–Kier alpha value is -2.17. The Balaban J connectivity index is 1.94. The molecule has 3 aromatic rings. The first-order chi connectivity index (χ1) is 10.6. The molecule has 0 aliphatic carbocycles. The fraction of sp³-hybridized carbons (Fsp3) is 0.0625. The lowest BCUT2D eigenvalue weighted by molar-refractivity contribution is 1.09. The van der Waals surface area contributed by atoms with E-state index in [0.717, 1.165) is 11.4 Å². The van der Waals surface area contributed by atoms with Gasteiger partial charge in [-0.25, -0.2) is 15.0 Å². The minimum atomic E-state index is 0.412. The van der Waals surface area contributed by atoms with Crippen LogP contribution in [0.4, 0.5) is 11.5 Å². The van der Waals surface area contributed by atoms with Crippen molar-refractivity contribution in [2.75, 3.05) is 5.32 Å². The lowest BCUT2D eigenvalue weighted by atomic mass is 10.3. The van der Waals surface area contributed by atoms with E-state index in [2.05, 4.69) is 20.3 Å². The highest BCUT2D eigenvalue weighted by molar-refractivity contribution is 6.30. The van der Waals surface area contributed by atoms with Crippen LogP contribution in [0.3, 0.4) is 0 Å². The number of nitrogens with zero attached hydrogens (tertiary/aromatic N) is 3. The van der Waals surface area contributed by atoms with Gasteiger partial charge in [0.2, 0.25) is 0 Å². The normalized spacial score (nSPS) is 10.5. The first-order valence-corrected chi connectivity index (χ1v) is 7.37. The zero-order valence-electron chi connectivity index (χ0n) is 11.7. The highest BCUT2D eigenvalue weighted by atomic mass is 35.5. The van der Waals surface area contributed by atoms with Gasteiger partial charge in [-0.05, 0) is 43.3 Å². The Kier molecular flexibility index (Phi) is 4.22. The molecule has 0 atom stereocenters. The zero-order valence-corrected chi connectivity index (χ0v) is 13.2. The van der Waals surface area contributed by atoms with Crippen LogP contribution < -0.4 is 5.32 Å². The van der Waals surface area contributed by atoms with Gasteiger partial charge in [0.15, 0.2) is 5.82 Å². The second-order valence-corrected chi connectivity index (χ2v) is 5.52. The van der Waals surface area contributed by atoms with E-state index in [1.165, 1.54) is 0 Å². The SMILES string of the molecule is Cc1cc(Nc2ccc(Cl)cc2)nc(-c2cccc(Cl)n2)n1. The summed E-state index contributed by atoms with van der Waals surface area (Å²) in [5, 5.41) is 4.33. The Bertz CT molecular complexity index is 803. The van der Waals surface area contributed by atoms with Gasteiger partial charge in [-0.3, -0.25) is 0 Å². The van der Waals surface area contributed by atoms with E-state index in [9.17, 15) is 0 Å². The fourth-order valence-corrected chi connectivity index (χ4v) is 2.25. The minimum absolute atomic E-state index is 0.412. The van der Waals surface area contributed by atoms with Crippen LogP contribution in [0.1, 0.15) is 5.69 Å². The summed E-state index contributed by atoms with van der Waals surface area (Å²) >= 11 is 11.8. The van der Waals surface area contributed by atoms with E-state index in [1.807, 2.05) is 49.4 Å². The Morgan fingerprint density at radius 2 is 1.68 bits per heavy atom. The summed E-state index contributed by atoms with van der Waals surface area (Å²) in [7, 11) is 0. The summed E-state index contributed by atoms with van der Waals surface area (Å²) in [4.78, 5) is 13.1. The van der Waals surface area contributed by atoms with Crippen LogP contribution >= 0.6 is 23.2 Å². The molecule has 2 aromatic heterocycles. The van der Waals surface area contributed by atoms with Gasteiger partial charge < -0.3 is 5.32 Å². The largest absolute Gasteiger partial charge is 0.340 e. The molecule has 0 unspecified atom stereocenters. The third-order valence-corrected chi connectivity index (χ3v) is 3.38. The topological polar surface area (TPSA) is 50.7 Å². The predicted molar refractivity (Wildman–Crippen MR) is 89.7 cm³/mol. The molecule has 0 radical (unpaired) electrons. The first-order valence-electron chi connectivity index (χ1n) is 6.61. The number of anilines is 2.